The summed E-state index contributed by atoms with van der Waals surface area (Å²) in [7, 11) is 0. The van der Waals surface area contributed by atoms with Gasteiger partial charge in [0.15, 0.2) is 31.5 Å². The number of aliphatic hydroxyl groups excluding tert-OH is 18. The molecule has 516 valence electrons. The highest BCUT2D eigenvalue weighted by atomic mass is 16.8. The first-order valence-corrected chi connectivity index (χ1v) is 31.6. The second-order valence-corrected chi connectivity index (χ2v) is 28.7. The summed E-state index contributed by atoms with van der Waals surface area (Å²) >= 11 is 0. The molecule has 1 unspecified atom stereocenters. The predicted molar refractivity (Wildman–Crippen MR) is 300 cm³/mol. The van der Waals surface area contributed by atoms with Crippen LogP contribution in [0.5, 0.6) is 0 Å². The first-order valence-electron chi connectivity index (χ1n) is 31.6. The van der Waals surface area contributed by atoms with Gasteiger partial charge in [-0.1, -0.05) is 53.2 Å². The van der Waals surface area contributed by atoms with Crippen molar-refractivity contribution in [2.45, 2.75) is 284 Å². The third kappa shape index (κ3) is 13.1. The summed E-state index contributed by atoms with van der Waals surface area (Å²) in [5, 5.41) is 205. The second-order valence-electron chi connectivity index (χ2n) is 28.7. The highest BCUT2D eigenvalue weighted by molar-refractivity contribution is 5.32. The lowest BCUT2D eigenvalue weighted by molar-refractivity contribution is -0.380. The fourth-order valence-electron chi connectivity index (χ4n) is 17.0. The summed E-state index contributed by atoms with van der Waals surface area (Å²) < 4.78 is 59.3. The fourth-order valence-corrected chi connectivity index (χ4v) is 17.0. The third-order valence-electron chi connectivity index (χ3n) is 22.9. The van der Waals surface area contributed by atoms with Crippen LogP contribution in [-0.4, -0.2) is 308 Å². The Morgan fingerprint density at radius 1 is 0.517 bits per heavy atom. The van der Waals surface area contributed by atoms with Crippen molar-refractivity contribution in [3.63, 3.8) is 0 Å². The number of rotatable bonds is 20. The first-order chi connectivity index (χ1) is 41.6. The molecular weight excluding hydrogens is 1180 g/mol. The zero-order valence-corrected chi connectivity index (χ0v) is 51.8. The zero-order chi connectivity index (χ0) is 65.5. The number of fused-ring (bicyclic) bond motifs is 5. The van der Waals surface area contributed by atoms with Gasteiger partial charge in [0.2, 0.25) is 0 Å². The van der Waals surface area contributed by atoms with E-state index in [4.69, 9.17) is 47.4 Å². The van der Waals surface area contributed by atoms with Gasteiger partial charge in [0.1, 0.15) is 122 Å². The Labute approximate surface area is 517 Å². The molecule has 5 heterocycles. The molecule has 0 aromatic rings. The van der Waals surface area contributed by atoms with Gasteiger partial charge in [0, 0.05) is 10.8 Å². The van der Waals surface area contributed by atoms with Gasteiger partial charge in [-0.2, -0.15) is 0 Å². The van der Waals surface area contributed by atoms with Crippen molar-refractivity contribution in [3.05, 3.63) is 11.6 Å². The maximum absolute atomic E-state index is 12.8. The Balaban J connectivity index is 0.883. The number of hydrogen-bond acceptors (Lipinski definition) is 29. The van der Waals surface area contributed by atoms with E-state index >= 15 is 0 Å². The molecule has 9 aliphatic rings. The molecule has 35 atom stereocenters. The minimum Gasteiger partial charge on any atom is -0.394 e. The molecule has 0 aromatic carbocycles. The van der Waals surface area contributed by atoms with E-state index in [2.05, 4.69) is 33.8 Å². The van der Waals surface area contributed by atoms with Gasteiger partial charge in [-0.25, -0.2) is 0 Å². The summed E-state index contributed by atoms with van der Waals surface area (Å²) in [5.74, 6) is -0.0172. The summed E-state index contributed by atoms with van der Waals surface area (Å²) in [6.45, 7) is 12.6. The molecular formula is C60H102O29. The average molecular weight is 1290 g/mol. The monoisotopic (exact) mass is 1290 g/mol. The second kappa shape index (κ2) is 27.6. The molecule has 0 bridgehead atoms. The van der Waals surface area contributed by atoms with Crippen LogP contribution in [0.1, 0.15) is 107 Å². The highest BCUT2D eigenvalue weighted by Crippen LogP contribution is 2.75. The van der Waals surface area contributed by atoms with E-state index in [1.807, 2.05) is 13.8 Å². The number of allylic oxidation sites excluding steroid dienone is 1. The van der Waals surface area contributed by atoms with Gasteiger partial charge in [0.05, 0.1) is 56.9 Å². The molecule has 4 aliphatic carbocycles. The molecule has 89 heavy (non-hydrogen) atoms. The number of hydrogen-bond donors (Lipinski definition) is 19. The molecule has 0 amide bonds. The van der Waals surface area contributed by atoms with Gasteiger partial charge < -0.3 is 144 Å². The van der Waals surface area contributed by atoms with Crippen molar-refractivity contribution >= 4 is 0 Å². The van der Waals surface area contributed by atoms with Gasteiger partial charge in [-0.3, -0.25) is 0 Å². The Hall–Kier alpha value is -1.42. The molecule has 0 radical (unpaired) electrons. The molecule has 5 aliphatic heterocycles. The molecule has 19 N–H and O–H groups in total. The van der Waals surface area contributed by atoms with E-state index in [1.165, 1.54) is 13.8 Å². The summed E-state index contributed by atoms with van der Waals surface area (Å²) in [6, 6.07) is 0. The lowest BCUT2D eigenvalue weighted by Gasteiger charge is -2.67. The molecule has 29 heteroatoms. The Morgan fingerprint density at radius 2 is 0.955 bits per heavy atom. The molecule has 3 saturated carbocycles. The zero-order valence-electron chi connectivity index (χ0n) is 51.8. The van der Waals surface area contributed by atoms with E-state index in [9.17, 15) is 97.0 Å². The van der Waals surface area contributed by atoms with E-state index in [0.717, 1.165) is 18.4 Å². The Morgan fingerprint density at radius 3 is 1.45 bits per heavy atom. The molecule has 8 fully saturated rings. The smallest absolute Gasteiger partial charge is 0.187 e. The molecule has 9 rings (SSSR count). The van der Waals surface area contributed by atoms with Crippen LogP contribution in [0, 0.1) is 45.3 Å². The van der Waals surface area contributed by atoms with E-state index in [1.54, 1.807) is 0 Å². The maximum atomic E-state index is 12.8. The number of ether oxygens (including phenoxy) is 10. The van der Waals surface area contributed by atoms with E-state index < -0.39 is 227 Å². The normalized spacial score (nSPS) is 51.8. The lowest BCUT2D eigenvalue weighted by atomic mass is 9.38. The van der Waals surface area contributed by atoms with Crippen LogP contribution in [0.4, 0.5) is 0 Å². The minimum absolute atomic E-state index is 0.0310. The molecule has 0 spiro atoms. The number of aliphatic hydroxyl groups is 19. The van der Waals surface area contributed by atoms with Crippen molar-refractivity contribution in [3.8, 4) is 0 Å². The predicted octanol–water partition coefficient (Wildman–Crippen LogP) is -5.41. The SMILES string of the molecule is C[C@H](CC[C@@H](O[C@@H]1O[C@H](CO[C@@H]2O[C@H](CO)C(O)[C@H](O)[C@H]2O)[C@@H](O)[C@H](O)[C@H]1O[C@@H]1O[C@H](CO)[C@@H](O)[C@H](O)[C@H]1O)C(C)(C)O)[C@H]1CC[C@@]2(C)[C@@H]3CC=C4[C@@H](CC[C@H](O[C@@H]5O[C@H](CO[C@@H]6O[C@H](CO)[C@@H](O)[C@H](O)[C@H]6O)[C@@H](O)[C@H](O)[C@H]5O)C4(C)C)[C@]3(C)[C@H](O)C[C@]12C. The van der Waals surface area contributed by atoms with E-state index in [-0.39, 0.29) is 35.5 Å². The van der Waals surface area contributed by atoms with Crippen LogP contribution >= 0.6 is 0 Å². The molecule has 5 saturated heterocycles. The highest BCUT2D eigenvalue weighted by Gasteiger charge is 2.70. The van der Waals surface area contributed by atoms with Crippen LogP contribution < -0.4 is 0 Å². The largest absolute Gasteiger partial charge is 0.394 e. The van der Waals surface area contributed by atoms with E-state index in [0.29, 0.717) is 32.1 Å². The minimum atomic E-state index is -1.96. The van der Waals surface area contributed by atoms with Gasteiger partial charge in [-0.05, 0) is 99.7 Å². The van der Waals surface area contributed by atoms with Crippen molar-refractivity contribution in [2.75, 3.05) is 33.0 Å². The van der Waals surface area contributed by atoms with Crippen LogP contribution in [0.2, 0.25) is 0 Å². The summed E-state index contributed by atoms with van der Waals surface area (Å²) in [6.07, 6.45) is -37.4. The van der Waals surface area contributed by atoms with Crippen LogP contribution in [-0.2, 0) is 47.4 Å². The van der Waals surface area contributed by atoms with Crippen molar-refractivity contribution in [1.82, 2.24) is 0 Å². The van der Waals surface area contributed by atoms with Crippen molar-refractivity contribution in [1.29, 1.82) is 0 Å². The quantitative estimate of drug-likeness (QED) is 0.0506. The van der Waals surface area contributed by atoms with Crippen molar-refractivity contribution < 1.29 is 144 Å². The van der Waals surface area contributed by atoms with Crippen LogP contribution in [0.3, 0.4) is 0 Å². The van der Waals surface area contributed by atoms with Gasteiger partial charge in [0.25, 0.3) is 0 Å². The fraction of sp³-hybridized carbons (Fsp3) is 0.967. The van der Waals surface area contributed by atoms with Crippen LogP contribution in [0.15, 0.2) is 11.6 Å². The first kappa shape index (κ1) is 71.9. The third-order valence-corrected chi connectivity index (χ3v) is 22.9. The molecule has 0 aromatic heterocycles. The molecule has 29 nitrogen and oxygen atoms in total. The van der Waals surface area contributed by atoms with Crippen LogP contribution in [0.25, 0.3) is 0 Å². The summed E-state index contributed by atoms with van der Waals surface area (Å²) in [5.41, 5.74) is -2.49. The van der Waals surface area contributed by atoms with Gasteiger partial charge >= 0.3 is 0 Å². The Kier molecular flexibility index (Phi) is 22.3. The topological polar surface area (TPSA) is 477 Å². The standard InChI is InChI=1S/C60H102O29/c1-23(9-13-35(57(4,5)79)88-55-50(89-54-49(78)43(72)38(67)29(20-63)84-54)45(74)40(69)31(86-55)22-81-52-47(76)42(71)37(66)28(19-62)83-52)24-15-16-58(6)32-12-10-25-26(60(32,8)33(64)17-59(24,58)7)11-14-34(56(25,2)3)87-53-48(77)44(73)39(68)30(85-53)21-80-51-46(75)41(70)36(65)27(18-61)82-51/h10,23-24,26-55,61-79H,9,11-22H2,1-8H3/t23-,24-,26-,27-,28-,29-,30-,31-,32+,33-,34+,35-,36-,37?,38-,39-,40-,41+,42+,43+,44+,45+,46-,47-,48-,49-,50-,51-,52-,53+,54+,55+,58+,59-,60+/m1/s1. The Bertz CT molecular complexity index is 2340. The average Bonchev–Trinajstić information content (AvgIpc) is 1.66. The van der Waals surface area contributed by atoms with Gasteiger partial charge in [-0.15, -0.1) is 0 Å². The summed E-state index contributed by atoms with van der Waals surface area (Å²) in [4.78, 5) is 0. The van der Waals surface area contributed by atoms with Crippen molar-refractivity contribution in [2.24, 2.45) is 45.3 Å². The lowest BCUT2D eigenvalue weighted by Crippen LogP contribution is -2.65. The maximum Gasteiger partial charge on any atom is 0.187 e.